The summed E-state index contributed by atoms with van der Waals surface area (Å²) in [6, 6.07) is 13.1. The summed E-state index contributed by atoms with van der Waals surface area (Å²) in [5, 5.41) is 0.256. The van der Waals surface area contributed by atoms with Gasteiger partial charge in [0.2, 0.25) is 11.7 Å². The Morgan fingerprint density at radius 3 is 2.50 bits per heavy atom. The predicted molar refractivity (Wildman–Crippen MR) is 92.9 cm³/mol. The number of amides is 2. The van der Waals surface area contributed by atoms with E-state index >= 15 is 0 Å². The van der Waals surface area contributed by atoms with Crippen LogP contribution in [0.3, 0.4) is 0 Å². The molecule has 26 heavy (non-hydrogen) atoms. The second kappa shape index (κ2) is 7.49. The van der Waals surface area contributed by atoms with Crippen molar-refractivity contribution in [3.8, 4) is 0 Å². The highest BCUT2D eigenvalue weighted by Gasteiger charge is 2.32. The van der Waals surface area contributed by atoms with Crippen molar-refractivity contribution < 1.29 is 23.9 Å². The minimum absolute atomic E-state index is 0.0355. The standard InChI is InChI=1S/C19H14ClNO5/c20-15-8-4-3-7-14(15)16(22)11-26-18(24)10-21-17(23)9-12-5-1-2-6-13(12)19(21)25/h1-8H,9-11H2. The zero-order valence-electron chi connectivity index (χ0n) is 13.6. The lowest BCUT2D eigenvalue weighted by atomic mass is 9.98. The number of imide groups is 1. The SMILES string of the molecule is O=C(CN1C(=O)Cc2ccccc2C1=O)OCC(=O)c1ccccc1Cl. The molecule has 3 rings (SSSR count). The Bertz CT molecular complexity index is 908. The molecule has 132 valence electrons. The number of esters is 1. The molecule has 1 aliphatic heterocycles. The number of carbonyl (C=O) groups excluding carboxylic acids is 4. The number of rotatable bonds is 5. The Kier molecular flexibility index (Phi) is 5.14. The van der Waals surface area contributed by atoms with Gasteiger partial charge in [0.25, 0.3) is 5.91 Å². The minimum atomic E-state index is -0.841. The normalized spacial score (nSPS) is 13.3. The third-order valence-electron chi connectivity index (χ3n) is 3.96. The van der Waals surface area contributed by atoms with Crippen molar-refractivity contribution in [1.29, 1.82) is 0 Å². The number of ketones is 1. The second-order valence-electron chi connectivity index (χ2n) is 5.68. The summed E-state index contributed by atoms with van der Waals surface area (Å²) < 4.78 is 4.91. The first-order valence-electron chi connectivity index (χ1n) is 7.83. The van der Waals surface area contributed by atoms with Crippen LogP contribution in [0, 0.1) is 0 Å². The van der Waals surface area contributed by atoms with Crippen LogP contribution in [-0.2, 0) is 20.7 Å². The third-order valence-corrected chi connectivity index (χ3v) is 4.29. The van der Waals surface area contributed by atoms with Crippen molar-refractivity contribution >= 4 is 35.2 Å². The van der Waals surface area contributed by atoms with Crippen LogP contribution in [0.15, 0.2) is 48.5 Å². The highest BCUT2D eigenvalue weighted by molar-refractivity contribution is 6.34. The molecule has 0 N–H and O–H groups in total. The maximum absolute atomic E-state index is 12.4. The molecular weight excluding hydrogens is 358 g/mol. The molecule has 0 unspecified atom stereocenters. The van der Waals surface area contributed by atoms with E-state index < -0.39 is 36.7 Å². The highest BCUT2D eigenvalue weighted by atomic mass is 35.5. The number of hydrogen-bond acceptors (Lipinski definition) is 5. The quantitative estimate of drug-likeness (QED) is 0.457. The third kappa shape index (κ3) is 3.65. The van der Waals surface area contributed by atoms with E-state index in [0.717, 1.165) is 4.90 Å². The summed E-state index contributed by atoms with van der Waals surface area (Å²) in [5.74, 6) is -2.34. The largest absolute Gasteiger partial charge is 0.456 e. The molecule has 6 nitrogen and oxygen atoms in total. The zero-order valence-corrected chi connectivity index (χ0v) is 14.4. The molecular formula is C19H14ClNO5. The van der Waals surface area contributed by atoms with Gasteiger partial charge in [0.15, 0.2) is 6.61 Å². The Balaban J connectivity index is 1.62. The Morgan fingerprint density at radius 1 is 1.04 bits per heavy atom. The van der Waals surface area contributed by atoms with Crippen LogP contribution in [0.4, 0.5) is 0 Å². The topological polar surface area (TPSA) is 80.8 Å². The smallest absolute Gasteiger partial charge is 0.326 e. The van der Waals surface area contributed by atoms with Gasteiger partial charge in [-0.2, -0.15) is 0 Å². The summed E-state index contributed by atoms with van der Waals surface area (Å²) in [4.78, 5) is 49.4. The lowest BCUT2D eigenvalue weighted by Gasteiger charge is -2.25. The molecule has 0 radical (unpaired) electrons. The summed E-state index contributed by atoms with van der Waals surface area (Å²) >= 11 is 5.92. The van der Waals surface area contributed by atoms with Crippen molar-refractivity contribution in [2.24, 2.45) is 0 Å². The van der Waals surface area contributed by atoms with E-state index in [2.05, 4.69) is 0 Å². The summed E-state index contributed by atoms with van der Waals surface area (Å²) in [5.41, 5.74) is 1.24. The van der Waals surface area contributed by atoms with Crippen LogP contribution in [0.1, 0.15) is 26.3 Å². The van der Waals surface area contributed by atoms with Crippen molar-refractivity contribution in [2.45, 2.75) is 6.42 Å². The molecule has 0 fully saturated rings. The number of benzene rings is 2. The first kappa shape index (κ1) is 17.8. The van der Waals surface area contributed by atoms with Gasteiger partial charge in [-0.3, -0.25) is 24.1 Å². The molecule has 1 aliphatic rings. The number of Topliss-reactive ketones (excluding diaryl/α,β-unsaturated/α-hetero) is 1. The molecule has 2 amide bonds. The average Bonchev–Trinajstić information content (AvgIpc) is 2.63. The van der Waals surface area contributed by atoms with Gasteiger partial charge in [0.05, 0.1) is 11.4 Å². The lowest BCUT2D eigenvalue weighted by Crippen LogP contribution is -2.45. The first-order chi connectivity index (χ1) is 12.5. The summed E-state index contributed by atoms with van der Waals surface area (Å²) in [7, 11) is 0. The fourth-order valence-electron chi connectivity index (χ4n) is 2.65. The van der Waals surface area contributed by atoms with E-state index in [-0.39, 0.29) is 17.0 Å². The van der Waals surface area contributed by atoms with Crippen LogP contribution in [0.25, 0.3) is 0 Å². The van der Waals surface area contributed by atoms with Crippen LogP contribution >= 0.6 is 11.6 Å². The first-order valence-corrected chi connectivity index (χ1v) is 8.21. The summed E-state index contributed by atoms with van der Waals surface area (Å²) in [6.45, 7) is -1.06. The minimum Gasteiger partial charge on any atom is -0.456 e. The fraction of sp³-hybridized carbons (Fsp3) is 0.158. The van der Waals surface area contributed by atoms with E-state index in [1.54, 1.807) is 42.5 Å². The molecule has 0 saturated carbocycles. The zero-order chi connectivity index (χ0) is 18.7. The molecule has 0 aromatic heterocycles. The Hall–Kier alpha value is -2.99. The van der Waals surface area contributed by atoms with Crippen molar-refractivity contribution in [1.82, 2.24) is 4.90 Å². The predicted octanol–water partition coefficient (Wildman–Crippen LogP) is 2.29. The molecule has 0 aliphatic carbocycles. The number of ether oxygens (including phenoxy) is 1. The van der Waals surface area contributed by atoms with E-state index in [1.165, 1.54) is 6.07 Å². The maximum atomic E-state index is 12.4. The van der Waals surface area contributed by atoms with Gasteiger partial charge in [-0.25, -0.2) is 0 Å². The number of halogens is 1. The van der Waals surface area contributed by atoms with Crippen molar-refractivity contribution in [2.75, 3.05) is 13.2 Å². The van der Waals surface area contributed by atoms with Crippen LogP contribution in [0.2, 0.25) is 5.02 Å². The highest BCUT2D eigenvalue weighted by Crippen LogP contribution is 2.19. The van der Waals surface area contributed by atoms with E-state index in [1.807, 2.05) is 0 Å². The Labute approximate surface area is 154 Å². The number of nitrogens with zero attached hydrogens (tertiary/aromatic N) is 1. The monoisotopic (exact) mass is 371 g/mol. The number of fused-ring (bicyclic) bond motifs is 1. The van der Waals surface area contributed by atoms with Gasteiger partial charge >= 0.3 is 5.97 Å². The molecule has 1 heterocycles. The van der Waals surface area contributed by atoms with E-state index in [4.69, 9.17) is 16.3 Å². The van der Waals surface area contributed by atoms with Crippen molar-refractivity contribution in [3.63, 3.8) is 0 Å². The average molecular weight is 372 g/mol. The number of carbonyl (C=O) groups is 4. The van der Waals surface area contributed by atoms with E-state index in [9.17, 15) is 19.2 Å². The fourth-order valence-corrected chi connectivity index (χ4v) is 2.89. The van der Waals surface area contributed by atoms with Gasteiger partial charge in [0, 0.05) is 11.1 Å². The van der Waals surface area contributed by atoms with Gasteiger partial charge in [-0.15, -0.1) is 0 Å². The van der Waals surface area contributed by atoms with Crippen molar-refractivity contribution in [3.05, 3.63) is 70.2 Å². The van der Waals surface area contributed by atoms with Gasteiger partial charge < -0.3 is 4.74 Å². The van der Waals surface area contributed by atoms with Crippen LogP contribution in [0.5, 0.6) is 0 Å². The maximum Gasteiger partial charge on any atom is 0.326 e. The molecule has 0 saturated heterocycles. The molecule has 7 heteroatoms. The lowest BCUT2D eigenvalue weighted by molar-refractivity contribution is -0.146. The molecule has 2 aromatic carbocycles. The van der Waals surface area contributed by atoms with Gasteiger partial charge in [-0.1, -0.05) is 41.9 Å². The molecule has 0 bridgehead atoms. The molecule has 0 atom stereocenters. The molecule has 0 spiro atoms. The second-order valence-corrected chi connectivity index (χ2v) is 6.09. The van der Waals surface area contributed by atoms with Gasteiger partial charge in [0.1, 0.15) is 6.54 Å². The van der Waals surface area contributed by atoms with E-state index in [0.29, 0.717) is 11.1 Å². The van der Waals surface area contributed by atoms with Gasteiger partial charge in [-0.05, 0) is 23.8 Å². The van der Waals surface area contributed by atoms with Crippen LogP contribution < -0.4 is 0 Å². The Morgan fingerprint density at radius 2 is 1.73 bits per heavy atom. The summed E-state index contributed by atoms with van der Waals surface area (Å²) in [6.07, 6.45) is 0.0355. The van der Waals surface area contributed by atoms with Crippen LogP contribution in [-0.4, -0.2) is 41.6 Å². The molecule has 2 aromatic rings. The number of hydrogen-bond donors (Lipinski definition) is 0.